The highest BCUT2D eigenvalue weighted by molar-refractivity contribution is 5.76. The summed E-state index contributed by atoms with van der Waals surface area (Å²) in [7, 11) is 0. The molecule has 0 N–H and O–H groups in total. The molecule has 104 valence electrons. The van der Waals surface area contributed by atoms with Crippen molar-refractivity contribution in [3.05, 3.63) is 29.8 Å². The van der Waals surface area contributed by atoms with E-state index in [9.17, 15) is 4.79 Å². The second kappa shape index (κ2) is 4.87. The van der Waals surface area contributed by atoms with Crippen LogP contribution in [-0.2, 0) is 15.1 Å². The molecule has 1 heterocycles. The van der Waals surface area contributed by atoms with Gasteiger partial charge in [0.05, 0.1) is 12.0 Å². The second-order valence-corrected chi connectivity index (χ2v) is 5.95. The maximum Gasteiger partial charge on any atom is 0.312 e. The van der Waals surface area contributed by atoms with Crippen molar-refractivity contribution in [2.24, 2.45) is 5.41 Å². The fraction of sp³-hybridized carbons (Fsp3) is 0.562. The standard InChI is InChI=1S/C16H22O3/c1-5-15(2,3)14(17)19-16(4)10-11-18-13-9-7-6-8-12(13)16/h6-9H,5,10-11H2,1-4H3. The lowest BCUT2D eigenvalue weighted by atomic mass is 9.87. The lowest BCUT2D eigenvalue weighted by Gasteiger charge is -2.37. The van der Waals surface area contributed by atoms with Crippen LogP contribution in [0.5, 0.6) is 5.75 Å². The van der Waals surface area contributed by atoms with E-state index < -0.39 is 11.0 Å². The third kappa shape index (κ3) is 2.60. The Bertz CT molecular complexity index is 479. The Morgan fingerprint density at radius 3 is 2.79 bits per heavy atom. The van der Waals surface area contributed by atoms with Gasteiger partial charge in [0.1, 0.15) is 11.4 Å². The first-order valence-corrected chi connectivity index (χ1v) is 6.85. The van der Waals surface area contributed by atoms with Crippen LogP contribution < -0.4 is 4.74 Å². The van der Waals surface area contributed by atoms with E-state index in [4.69, 9.17) is 9.47 Å². The van der Waals surface area contributed by atoms with E-state index in [1.165, 1.54) is 0 Å². The first-order valence-electron chi connectivity index (χ1n) is 6.85. The summed E-state index contributed by atoms with van der Waals surface area (Å²) in [5.74, 6) is 0.674. The quantitative estimate of drug-likeness (QED) is 0.780. The number of rotatable bonds is 3. The summed E-state index contributed by atoms with van der Waals surface area (Å²) in [5.41, 5.74) is -0.0734. The Morgan fingerprint density at radius 2 is 2.11 bits per heavy atom. The van der Waals surface area contributed by atoms with Crippen LogP contribution in [0, 0.1) is 5.41 Å². The molecule has 0 radical (unpaired) electrons. The molecule has 3 nitrogen and oxygen atoms in total. The first-order chi connectivity index (χ1) is 8.89. The van der Waals surface area contributed by atoms with Gasteiger partial charge in [-0.2, -0.15) is 0 Å². The molecule has 0 aliphatic carbocycles. The molecule has 1 aromatic rings. The summed E-state index contributed by atoms with van der Waals surface area (Å²) in [4.78, 5) is 12.3. The van der Waals surface area contributed by atoms with Crippen LogP contribution in [0.1, 0.15) is 46.1 Å². The molecule has 19 heavy (non-hydrogen) atoms. The van der Waals surface area contributed by atoms with Gasteiger partial charge in [0, 0.05) is 12.0 Å². The number of hydrogen-bond donors (Lipinski definition) is 0. The van der Waals surface area contributed by atoms with E-state index in [1.54, 1.807) is 0 Å². The molecular formula is C16H22O3. The Labute approximate surface area is 114 Å². The molecule has 0 amide bonds. The molecule has 1 aliphatic heterocycles. The van der Waals surface area contributed by atoms with Crippen LogP contribution in [0.15, 0.2) is 24.3 Å². The summed E-state index contributed by atoms with van der Waals surface area (Å²) in [6.07, 6.45) is 1.45. The van der Waals surface area contributed by atoms with Crippen molar-refractivity contribution < 1.29 is 14.3 Å². The zero-order valence-corrected chi connectivity index (χ0v) is 12.2. The molecule has 3 heteroatoms. The highest BCUT2D eigenvalue weighted by Gasteiger charge is 2.40. The van der Waals surface area contributed by atoms with Gasteiger partial charge in [0.25, 0.3) is 0 Å². The number of fused-ring (bicyclic) bond motifs is 1. The topological polar surface area (TPSA) is 35.5 Å². The van der Waals surface area contributed by atoms with Gasteiger partial charge in [-0.1, -0.05) is 25.1 Å². The Hall–Kier alpha value is -1.51. The fourth-order valence-electron chi connectivity index (χ4n) is 2.11. The summed E-state index contributed by atoms with van der Waals surface area (Å²) in [6.45, 7) is 8.39. The van der Waals surface area contributed by atoms with Gasteiger partial charge < -0.3 is 9.47 Å². The van der Waals surface area contributed by atoms with Crippen molar-refractivity contribution in [3.63, 3.8) is 0 Å². The number of carbonyl (C=O) groups excluding carboxylic acids is 1. The number of esters is 1. The molecule has 0 saturated carbocycles. The van der Waals surface area contributed by atoms with Crippen LogP contribution in [0.25, 0.3) is 0 Å². The fourth-order valence-corrected chi connectivity index (χ4v) is 2.11. The highest BCUT2D eigenvalue weighted by atomic mass is 16.6. The minimum absolute atomic E-state index is 0.144. The molecule has 2 rings (SSSR count). The average molecular weight is 262 g/mol. The molecule has 0 fully saturated rings. The Morgan fingerprint density at radius 1 is 1.42 bits per heavy atom. The first kappa shape index (κ1) is 13.9. The number of carbonyl (C=O) groups is 1. The normalized spacial score (nSPS) is 22.3. The summed E-state index contributed by atoms with van der Waals surface area (Å²) < 4.78 is 11.5. The van der Waals surface area contributed by atoms with Gasteiger partial charge in [-0.05, 0) is 33.3 Å². The number of benzene rings is 1. The summed E-state index contributed by atoms with van der Waals surface area (Å²) in [6, 6.07) is 7.78. The van der Waals surface area contributed by atoms with E-state index in [0.29, 0.717) is 13.0 Å². The summed E-state index contributed by atoms with van der Waals surface area (Å²) >= 11 is 0. The van der Waals surface area contributed by atoms with Gasteiger partial charge in [-0.3, -0.25) is 4.79 Å². The van der Waals surface area contributed by atoms with Crippen LogP contribution in [-0.4, -0.2) is 12.6 Å². The van der Waals surface area contributed by atoms with Crippen LogP contribution >= 0.6 is 0 Å². The molecule has 1 aliphatic rings. The van der Waals surface area contributed by atoms with Crippen molar-refractivity contribution in [3.8, 4) is 5.75 Å². The van der Waals surface area contributed by atoms with E-state index in [-0.39, 0.29) is 5.97 Å². The molecule has 0 saturated heterocycles. The van der Waals surface area contributed by atoms with Crippen molar-refractivity contribution in [2.45, 2.75) is 46.1 Å². The Kier molecular flexibility index (Phi) is 3.57. The van der Waals surface area contributed by atoms with E-state index >= 15 is 0 Å². The van der Waals surface area contributed by atoms with Crippen molar-refractivity contribution in [1.29, 1.82) is 0 Å². The van der Waals surface area contributed by atoms with Gasteiger partial charge in [-0.25, -0.2) is 0 Å². The highest BCUT2D eigenvalue weighted by Crippen LogP contribution is 2.41. The van der Waals surface area contributed by atoms with E-state index in [0.717, 1.165) is 17.7 Å². The monoisotopic (exact) mass is 262 g/mol. The van der Waals surface area contributed by atoms with Gasteiger partial charge >= 0.3 is 5.97 Å². The van der Waals surface area contributed by atoms with E-state index in [1.807, 2.05) is 52.0 Å². The maximum atomic E-state index is 12.3. The molecule has 1 unspecified atom stereocenters. The van der Waals surface area contributed by atoms with Gasteiger partial charge in [-0.15, -0.1) is 0 Å². The SMILES string of the molecule is CCC(C)(C)C(=O)OC1(C)CCOc2ccccc21. The van der Waals surface area contributed by atoms with Crippen molar-refractivity contribution >= 4 is 5.97 Å². The molecule has 0 aromatic heterocycles. The second-order valence-electron chi connectivity index (χ2n) is 5.95. The minimum atomic E-state index is -0.585. The van der Waals surface area contributed by atoms with Gasteiger partial charge in [0.15, 0.2) is 0 Å². The molecule has 0 bridgehead atoms. The molecule has 1 aromatic carbocycles. The van der Waals surface area contributed by atoms with Crippen LogP contribution in [0.4, 0.5) is 0 Å². The van der Waals surface area contributed by atoms with Crippen LogP contribution in [0.3, 0.4) is 0 Å². The number of para-hydroxylation sites is 1. The molecule has 0 spiro atoms. The zero-order valence-electron chi connectivity index (χ0n) is 12.2. The lowest BCUT2D eigenvalue weighted by molar-refractivity contribution is -0.173. The van der Waals surface area contributed by atoms with Crippen molar-refractivity contribution in [1.82, 2.24) is 0 Å². The molecular weight excluding hydrogens is 240 g/mol. The Balaban J connectivity index is 2.28. The molecule has 1 atom stereocenters. The van der Waals surface area contributed by atoms with Crippen molar-refractivity contribution in [2.75, 3.05) is 6.61 Å². The predicted octanol–water partition coefficient (Wildman–Crippen LogP) is 3.66. The number of hydrogen-bond acceptors (Lipinski definition) is 3. The lowest BCUT2D eigenvalue weighted by Crippen LogP contribution is -2.39. The van der Waals surface area contributed by atoms with Crippen LogP contribution in [0.2, 0.25) is 0 Å². The zero-order chi connectivity index (χ0) is 14.1. The third-order valence-electron chi connectivity index (χ3n) is 4.05. The predicted molar refractivity (Wildman–Crippen MR) is 74.1 cm³/mol. The minimum Gasteiger partial charge on any atom is -0.493 e. The number of ether oxygens (including phenoxy) is 2. The summed E-state index contributed by atoms with van der Waals surface area (Å²) in [5, 5.41) is 0. The smallest absolute Gasteiger partial charge is 0.312 e. The van der Waals surface area contributed by atoms with Gasteiger partial charge in [0.2, 0.25) is 0 Å². The average Bonchev–Trinajstić information content (AvgIpc) is 2.39. The largest absolute Gasteiger partial charge is 0.493 e. The van der Waals surface area contributed by atoms with E-state index in [2.05, 4.69) is 0 Å². The third-order valence-corrected chi connectivity index (χ3v) is 4.05. The maximum absolute atomic E-state index is 12.3.